The molecule has 2 N–H and O–H groups in total. The molecule has 1 aromatic rings. The summed E-state index contributed by atoms with van der Waals surface area (Å²) in [4.78, 5) is 0.202. The van der Waals surface area contributed by atoms with Crippen LogP contribution < -0.4 is 9.46 Å². The van der Waals surface area contributed by atoms with Crippen LogP contribution in [0, 0.1) is 5.92 Å². The van der Waals surface area contributed by atoms with Crippen LogP contribution in [0.15, 0.2) is 29.2 Å². The molecule has 6 heteroatoms. The topological polar surface area (TPSA) is 75.6 Å². The molecule has 2 rings (SSSR count). The number of aliphatic hydroxyl groups excluding tert-OH is 1. The number of aliphatic hydroxyl groups is 1. The largest absolute Gasteiger partial charge is 0.497 e. The quantitative estimate of drug-likeness (QED) is 0.864. The van der Waals surface area contributed by atoms with Crippen LogP contribution in [0.2, 0.25) is 0 Å². The highest BCUT2D eigenvalue weighted by molar-refractivity contribution is 7.89. The van der Waals surface area contributed by atoms with Gasteiger partial charge in [-0.05, 0) is 37.3 Å². The average molecular weight is 299 g/mol. The Hall–Kier alpha value is -1.11. The summed E-state index contributed by atoms with van der Waals surface area (Å²) >= 11 is 0. The number of sulfonamides is 1. The van der Waals surface area contributed by atoms with E-state index >= 15 is 0 Å². The second-order valence-corrected chi connectivity index (χ2v) is 6.98. The molecule has 1 fully saturated rings. The van der Waals surface area contributed by atoms with Gasteiger partial charge in [0.2, 0.25) is 10.0 Å². The zero-order valence-electron chi connectivity index (χ0n) is 11.6. The highest BCUT2D eigenvalue weighted by atomic mass is 32.2. The summed E-state index contributed by atoms with van der Waals surface area (Å²) in [6, 6.07) is 6.40. The van der Waals surface area contributed by atoms with Crippen LogP contribution in [-0.2, 0) is 10.0 Å². The van der Waals surface area contributed by atoms with Gasteiger partial charge in [-0.25, -0.2) is 13.1 Å². The molecular formula is C14H21NO4S. The second-order valence-electron chi connectivity index (χ2n) is 5.22. The number of ether oxygens (including phenoxy) is 1. The van der Waals surface area contributed by atoms with Crippen molar-refractivity contribution in [2.45, 2.75) is 36.7 Å². The number of hydrogen-bond donors (Lipinski definition) is 2. The van der Waals surface area contributed by atoms with E-state index in [9.17, 15) is 13.5 Å². The number of benzene rings is 1. The molecule has 1 aliphatic rings. The first kappa shape index (κ1) is 15.3. The van der Waals surface area contributed by atoms with Crippen molar-refractivity contribution in [2.24, 2.45) is 5.92 Å². The van der Waals surface area contributed by atoms with E-state index in [4.69, 9.17) is 4.74 Å². The maximum Gasteiger partial charge on any atom is 0.240 e. The lowest BCUT2D eigenvalue weighted by Crippen LogP contribution is -2.33. The molecular weight excluding hydrogens is 278 g/mol. The van der Waals surface area contributed by atoms with Gasteiger partial charge in [-0.2, -0.15) is 0 Å². The molecule has 20 heavy (non-hydrogen) atoms. The summed E-state index contributed by atoms with van der Waals surface area (Å²) in [5.41, 5.74) is 0. The molecule has 0 aliphatic heterocycles. The van der Waals surface area contributed by atoms with Gasteiger partial charge >= 0.3 is 0 Å². The molecule has 0 heterocycles. The van der Waals surface area contributed by atoms with E-state index in [1.807, 2.05) is 0 Å². The first-order chi connectivity index (χ1) is 9.51. The van der Waals surface area contributed by atoms with Gasteiger partial charge in [-0.15, -0.1) is 0 Å². The van der Waals surface area contributed by atoms with Gasteiger partial charge in [0.25, 0.3) is 0 Å². The Morgan fingerprint density at radius 3 is 2.90 bits per heavy atom. The minimum absolute atomic E-state index is 0.202. The van der Waals surface area contributed by atoms with E-state index in [2.05, 4.69) is 4.72 Å². The fourth-order valence-electron chi connectivity index (χ4n) is 2.53. The molecule has 0 aromatic heterocycles. The first-order valence-electron chi connectivity index (χ1n) is 6.83. The Morgan fingerprint density at radius 1 is 1.40 bits per heavy atom. The van der Waals surface area contributed by atoms with Crippen molar-refractivity contribution in [1.82, 2.24) is 4.72 Å². The van der Waals surface area contributed by atoms with Crippen LogP contribution >= 0.6 is 0 Å². The molecule has 0 amide bonds. The van der Waals surface area contributed by atoms with Gasteiger partial charge in [0, 0.05) is 12.6 Å². The summed E-state index contributed by atoms with van der Waals surface area (Å²) in [5, 5.41) is 9.60. The predicted molar refractivity (Wildman–Crippen MR) is 76.1 cm³/mol. The van der Waals surface area contributed by atoms with Crippen molar-refractivity contribution in [3.63, 3.8) is 0 Å². The molecule has 0 bridgehead atoms. The lowest BCUT2D eigenvalue weighted by atomic mass is 9.87. The van der Waals surface area contributed by atoms with Gasteiger partial charge < -0.3 is 9.84 Å². The smallest absolute Gasteiger partial charge is 0.240 e. The lowest BCUT2D eigenvalue weighted by Gasteiger charge is -2.25. The summed E-state index contributed by atoms with van der Waals surface area (Å²) in [5.74, 6) is 0.722. The van der Waals surface area contributed by atoms with E-state index < -0.39 is 10.0 Å². The summed E-state index contributed by atoms with van der Waals surface area (Å²) < 4.78 is 32.0. The molecule has 112 valence electrons. The third-order valence-electron chi connectivity index (χ3n) is 3.67. The zero-order valence-corrected chi connectivity index (χ0v) is 12.4. The van der Waals surface area contributed by atoms with E-state index in [0.29, 0.717) is 18.7 Å². The van der Waals surface area contributed by atoms with E-state index in [0.717, 1.165) is 19.3 Å². The molecule has 2 unspecified atom stereocenters. The molecule has 1 aromatic carbocycles. The van der Waals surface area contributed by atoms with Crippen molar-refractivity contribution in [3.05, 3.63) is 24.3 Å². The predicted octanol–water partition coefficient (Wildman–Crippen LogP) is 1.52. The van der Waals surface area contributed by atoms with Crippen LogP contribution in [0.25, 0.3) is 0 Å². The Balaban J connectivity index is 1.99. The van der Waals surface area contributed by atoms with E-state index in [-0.39, 0.29) is 16.9 Å². The molecule has 0 spiro atoms. The van der Waals surface area contributed by atoms with Gasteiger partial charge in [0.1, 0.15) is 5.75 Å². The minimum Gasteiger partial charge on any atom is -0.497 e. The van der Waals surface area contributed by atoms with E-state index in [1.165, 1.54) is 13.2 Å². The molecule has 0 saturated heterocycles. The monoisotopic (exact) mass is 299 g/mol. The number of nitrogens with one attached hydrogen (secondary N) is 1. The number of methoxy groups -OCH3 is 1. The lowest BCUT2D eigenvalue weighted by molar-refractivity contribution is 0.102. The van der Waals surface area contributed by atoms with Crippen LogP contribution in [0.1, 0.15) is 25.7 Å². The number of hydrogen-bond acceptors (Lipinski definition) is 4. The SMILES string of the molecule is COc1cccc(S(=O)(=O)NCC2CCCC(O)C2)c1. The number of rotatable bonds is 5. The first-order valence-corrected chi connectivity index (χ1v) is 8.31. The van der Waals surface area contributed by atoms with Gasteiger partial charge in [-0.1, -0.05) is 12.5 Å². The third kappa shape index (κ3) is 3.94. The van der Waals surface area contributed by atoms with Crippen LogP contribution in [0.4, 0.5) is 0 Å². The van der Waals surface area contributed by atoms with Crippen molar-refractivity contribution < 1.29 is 18.3 Å². The second kappa shape index (κ2) is 6.56. The normalized spacial score (nSPS) is 23.5. The van der Waals surface area contributed by atoms with Crippen molar-refractivity contribution >= 4 is 10.0 Å². The summed E-state index contributed by atoms with van der Waals surface area (Å²) in [6.45, 7) is 0.372. The molecule has 5 nitrogen and oxygen atoms in total. The maximum absolute atomic E-state index is 12.2. The highest BCUT2D eigenvalue weighted by Gasteiger charge is 2.22. The Labute approximate surface area is 120 Å². The zero-order chi connectivity index (χ0) is 14.6. The Morgan fingerprint density at radius 2 is 2.20 bits per heavy atom. The van der Waals surface area contributed by atoms with E-state index in [1.54, 1.807) is 18.2 Å². The van der Waals surface area contributed by atoms with Crippen molar-refractivity contribution in [1.29, 1.82) is 0 Å². The van der Waals surface area contributed by atoms with Crippen molar-refractivity contribution in [3.8, 4) is 5.75 Å². The van der Waals surface area contributed by atoms with Gasteiger partial charge in [-0.3, -0.25) is 0 Å². The summed E-state index contributed by atoms with van der Waals surface area (Å²) in [6.07, 6.45) is 3.10. The maximum atomic E-state index is 12.2. The molecule has 1 aliphatic carbocycles. The fraction of sp³-hybridized carbons (Fsp3) is 0.571. The fourth-order valence-corrected chi connectivity index (χ4v) is 3.68. The summed E-state index contributed by atoms with van der Waals surface area (Å²) in [7, 11) is -2.02. The average Bonchev–Trinajstić information content (AvgIpc) is 2.45. The van der Waals surface area contributed by atoms with Crippen LogP contribution in [-0.4, -0.2) is 33.3 Å². The Kier molecular flexibility index (Phi) is 5.01. The van der Waals surface area contributed by atoms with Gasteiger partial charge in [0.15, 0.2) is 0 Å². The van der Waals surface area contributed by atoms with Crippen LogP contribution in [0.5, 0.6) is 5.75 Å². The Bertz CT molecular complexity index is 544. The standard InChI is InChI=1S/C14H21NO4S/c1-19-13-6-3-7-14(9-13)20(17,18)15-10-11-4-2-5-12(16)8-11/h3,6-7,9,11-12,15-16H,2,4-5,8,10H2,1H3. The van der Waals surface area contributed by atoms with Gasteiger partial charge in [0.05, 0.1) is 18.1 Å². The van der Waals surface area contributed by atoms with Crippen molar-refractivity contribution in [2.75, 3.05) is 13.7 Å². The van der Waals surface area contributed by atoms with Crippen LogP contribution in [0.3, 0.4) is 0 Å². The third-order valence-corrected chi connectivity index (χ3v) is 5.09. The molecule has 2 atom stereocenters. The highest BCUT2D eigenvalue weighted by Crippen LogP contribution is 2.24. The molecule has 0 radical (unpaired) electrons. The minimum atomic E-state index is -3.52. The molecule has 1 saturated carbocycles.